The van der Waals surface area contributed by atoms with E-state index in [1.165, 1.54) is 0 Å². The van der Waals surface area contributed by atoms with Gasteiger partial charge >= 0.3 is 0 Å². The van der Waals surface area contributed by atoms with E-state index in [9.17, 15) is 4.39 Å². The van der Waals surface area contributed by atoms with Crippen LogP contribution in [0.15, 0.2) is 12.4 Å². The number of hydrogen-bond donors (Lipinski definition) is 2. The molecule has 3 heteroatoms. The average Bonchev–Trinajstić information content (AvgIpc) is 2.16. The summed E-state index contributed by atoms with van der Waals surface area (Å²) in [5, 5.41) is 0. The molecule has 1 aliphatic heterocycles. The van der Waals surface area contributed by atoms with Crippen LogP contribution < -0.4 is 10.9 Å². The molecule has 1 heterocycles. The van der Waals surface area contributed by atoms with E-state index in [0.717, 1.165) is 13.0 Å². The first-order valence-electron chi connectivity index (χ1n) is 3.00. The molecule has 1 atom stereocenters. The predicted octanol–water partition coefficient (Wildman–Crippen LogP) is 0.726. The zero-order chi connectivity index (χ0) is 6.91. The standard InChI is InChI=1S/C6H11FN2/c1-5(7)6(2)3-4-8-9-6/h8-9H,1,3-4H2,2H3. The van der Waals surface area contributed by atoms with Crippen LogP contribution in [0.3, 0.4) is 0 Å². The maximum Gasteiger partial charge on any atom is 0.114 e. The van der Waals surface area contributed by atoms with Gasteiger partial charge < -0.3 is 0 Å². The highest BCUT2D eigenvalue weighted by molar-refractivity contribution is 5.08. The Labute approximate surface area is 54.1 Å². The third-order valence-electron chi connectivity index (χ3n) is 1.71. The molecular weight excluding hydrogens is 119 g/mol. The number of nitrogens with one attached hydrogen (secondary N) is 2. The van der Waals surface area contributed by atoms with E-state index < -0.39 is 5.54 Å². The van der Waals surface area contributed by atoms with Gasteiger partial charge in [-0.3, -0.25) is 5.43 Å². The van der Waals surface area contributed by atoms with Crippen LogP contribution in [0.1, 0.15) is 13.3 Å². The fourth-order valence-corrected chi connectivity index (χ4v) is 0.836. The number of hydrogen-bond acceptors (Lipinski definition) is 2. The van der Waals surface area contributed by atoms with Gasteiger partial charge in [-0.15, -0.1) is 0 Å². The second kappa shape index (κ2) is 2.08. The molecule has 1 aliphatic rings. The second-order valence-electron chi connectivity index (χ2n) is 2.54. The number of hydrazine groups is 1. The van der Waals surface area contributed by atoms with Crippen molar-refractivity contribution in [3.8, 4) is 0 Å². The van der Waals surface area contributed by atoms with Crippen LogP contribution in [0, 0.1) is 0 Å². The molecule has 9 heavy (non-hydrogen) atoms. The Morgan fingerprint density at radius 1 is 1.78 bits per heavy atom. The van der Waals surface area contributed by atoms with Crippen LogP contribution in [0.25, 0.3) is 0 Å². The molecule has 0 amide bonds. The first-order chi connectivity index (χ1) is 4.15. The third kappa shape index (κ3) is 1.11. The number of rotatable bonds is 1. The molecular formula is C6H11FN2. The van der Waals surface area contributed by atoms with Gasteiger partial charge in [0.05, 0.1) is 5.54 Å². The second-order valence-corrected chi connectivity index (χ2v) is 2.54. The van der Waals surface area contributed by atoms with E-state index in [-0.39, 0.29) is 5.83 Å². The van der Waals surface area contributed by atoms with E-state index in [2.05, 4.69) is 17.4 Å². The van der Waals surface area contributed by atoms with Crippen molar-refractivity contribution in [3.05, 3.63) is 12.4 Å². The molecule has 0 aromatic rings. The summed E-state index contributed by atoms with van der Waals surface area (Å²) in [5.74, 6) is -0.299. The molecule has 1 rings (SSSR count). The summed E-state index contributed by atoms with van der Waals surface area (Å²) in [6, 6.07) is 0. The van der Waals surface area contributed by atoms with Crippen molar-refractivity contribution in [1.29, 1.82) is 0 Å². The van der Waals surface area contributed by atoms with Crippen LogP contribution in [0.5, 0.6) is 0 Å². The lowest BCUT2D eigenvalue weighted by Gasteiger charge is -2.19. The van der Waals surface area contributed by atoms with E-state index in [1.54, 1.807) is 6.92 Å². The molecule has 52 valence electrons. The Balaban J connectivity index is 2.61. The van der Waals surface area contributed by atoms with Crippen LogP contribution in [-0.4, -0.2) is 12.1 Å². The zero-order valence-corrected chi connectivity index (χ0v) is 5.50. The van der Waals surface area contributed by atoms with Gasteiger partial charge in [-0.1, -0.05) is 6.58 Å². The van der Waals surface area contributed by atoms with Gasteiger partial charge in [-0.2, -0.15) is 0 Å². The van der Waals surface area contributed by atoms with Crippen molar-refractivity contribution in [3.63, 3.8) is 0 Å². The van der Waals surface area contributed by atoms with E-state index in [4.69, 9.17) is 0 Å². The normalized spacial score (nSPS) is 34.9. The van der Waals surface area contributed by atoms with Crippen molar-refractivity contribution in [2.24, 2.45) is 0 Å². The monoisotopic (exact) mass is 130 g/mol. The van der Waals surface area contributed by atoms with Crippen molar-refractivity contribution < 1.29 is 4.39 Å². The van der Waals surface area contributed by atoms with E-state index in [0.29, 0.717) is 0 Å². The lowest BCUT2D eigenvalue weighted by Crippen LogP contribution is -2.41. The van der Waals surface area contributed by atoms with Gasteiger partial charge in [0.25, 0.3) is 0 Å². The zero-order valence-electron chi connectivity index (χ0n) is 5.50. The Morgan fingerprint density at radius 2 is 2.44 bits per heavy atom. The summed E-state index contributed by atoms with van der Waals surface area (Å²) in [7, 11) is 0. The molecule has 0 saturated carbocycles. The lowest BCUT2D eigenvalue weighted by molar-refractivity contribution is 0.373. The Hall–Kier alpha value is -0.410. The van der Waals surface area contributed by atoms with Crippen molar-refractivity contribution in [2.75, 3.05) is 6.54 Å². The molecule has 0 radical (unpaired) electrons. The lowest BCUT2D eigenvalue weighted by atomic mass is 10.00. The molecule has 0 aromatic carbocycles. The molecule has 1 fully saturated rings. The topological polar surface area (TPSA) is 24.1 Å². The van der Waals surface area contributed by atoms with Crippen molar-refractivity contribution in [1.82, 2.24) is 10.9 Å². The van der Waals surface area contributed by atoms with Crippen LogP contribution in [-0.2, 0) is 0 Å². The molecule has 1 saturated heterocycles. The summed E-state index contributed by atoms with van der Waals surface area (Å²) in [6.45, 7) is 5.83. The highest BCUT2D eigenvalue weighted by Gasteiger charge is 2.31. The minimum absolute atomic E-state index is 0.299. The minimum Gasteiger partial charge on any atom is -0.257 e. The van der Waals surface area contributed by atoms with Crippen LogP contribution in [0.4, 0.5) is 4.39 Å². The third-order valence-corrected chi connectivity index (χ3v) is 1.71. The molecule has 0 aromatic heterocycles. The first kappa shape index (κ1) is 6.71. The summed E-state index contributed by atoms with van der Waals surface area (Å²) < 4.78 is 12.5. The maximum atomic E-state index is 12.5. The molecule has 0 bridgehead atoms. The van der Waals surface area contributed by atoms with Gasteiger partial charge in [0.15, 0.2) is 0 Å². The van der Waals surface area contributed by atoms with Crippen LogP contribution in [0.2, 0.25) is 0 Å². The number of halogens is 1. The Morgan fingerprint density at radius 3 is 2.67 bits per heavy atom. The molecule has 0 spiro atoms. The highest BCUT2D eigenvalue weighted by Crippen LogP contribution is 2.21. The average molecular weight is 130 g/mol. The van der Waals surface area contributed by atoms with E-state index >= 15 is 0 Å². The fraction of sp³-hybridized carbons (Fsp3) is 0.667. The summed E-state index contributed by atoms with van der Waals surface area (Å²) >= 11 is 0. The summed E-state index contributed by atoms with van der Waals surface area (Å²) in [4.78, 5) is 0. The molecule has 1 unspecified atom stereocenters. The van der Waals surface area contributed by atoms with Crippen molar-refractivity contribution in [2.45, 2.75) is 18.9 Å². The quantitative estimate of drug-likeness (QED) is 0.546. The van der Waals surface area contributed by atoms with E-state index in [1.807, 2.05) is 0 Å². The SMILES string of the molecule is C=C(F)C1(C)CCNN1. The van der Waals surface area contributed by atoms with Crippen LogP contribution >= 0.6 is 0 Å². The predicted molar refractivity (Wildman–Crippen MR) is 34.4 cm³/mol. The van der Waals surface area contributed by atoms with Crippen molar-refractivity contribution >= 4 is 0 Å². The van der Waals surface area contributed by atoms with Gasteiger partial charge in [0, 0.05) is 6.54 Å². The van der Waals surface area contributed by atoms with Gasteiger partial charge in [-0.25, -0.2) is 9.82 Å². The summed E-state index contributed by atoms with van der Waals surface area (Å²) in [6.07, 6.45) is 0.766. The molecule has 2 nitrogen and oxygen atoms in total. The molecule has 0 aliphatic carbocycles. The minimum atomic E-state index is -0.528. The Bertz CT molecular complexity index is 127. The highest BCUT2D eigenvalue weighted by atomic mass is 19.1. The van der Waals surface area contributed by atoms with Gasteiger partial charge in [0.1, 0.15) is 5.83 Å². The maximum absolute atomic E-state index is 12.5. The largest absolute Gasteiger partial charge is 0.257 e. The van der Waals surface area contributed by atoms with Gasteiger partial charge in [-0.05, 0) is 13.3 Å². The Kier molecular flexibility index (Phi) is 1.55. The molecule has 2 N–H and O–H groups in total. The first-order valence-corrected chi connectivity index (χ1v) is 3.00. The summed E-state index contributed by atoms with van der Waals surface area (Å²) in [5.41, 5.74) is 5.12. The fourth-order valence-electron chi connectivity index (χ4n) is 0.836. The van der Waals surface area contributed by atoms with Gasteiger partial charge in [0.2, 0.25) is 0 Å². The smallest absolute Gasteiger partial charge is 0.114 e.